The van der Waals surface area contributed by atoms with Crippen LogP contribution >= 0.6 is 11.6 Å². The van der Waals surface area contributed by atoms with Crippen LogP contribution in [0.25, 0.3) is 0 Å². The molecule has 1 aromatic carbocycles. The number of esters is 1. The maximum Gasteiger partial charge on any atom is 0.326 e. The van der Waals surface area contributed by atoms with E-state index in [0.29, 0.717) is 22.1 Å². The molecule has 0 N–H and O–H groups in total. The molecule has 7 nitrogen and oxygen atoms in total. The predicted octanol–water partition coefficient (Wildman–Crippen LogP) is 2.29. The highest BCUT2D eigenvalue weighted by Gasteiger charge is 2.48. The van der Waals surface area contributed by atoms with E-state index in [-0.39, 0.29) is 43.6 Å². The highest BCUT2D eigenvalue weighted by Crippen LogP contribution is 2.40. The highest BCUT2D eigenvalue weighted by molar-refractivity contribution is 6.32. The highest BCUT2D eigenvalue weighted by atomic mass is 35.5. The molecular weight excluding hydrogens is 362 g/mol. The van der Waals surface area contributed by atoms with Crippen molar-refractivity contribution in [1.29, 1.82) is 0 Å². The number of carbonyl (C=O) groups is 3. The second-order valence-corrected chi connectivity index (χ2v) is 7.14. The third kappa shape index (κ3) is 3.00. The number of ether oxygens (including phenoxy) is 3. The molecule has 0 bridgehead atoms. The van der Waals surface area contributed by atoms with Crippen LogP contribution in [0, 0.1) is 11.8 Å². The summed E-state index contributed by atoms with van der Waals surface area (Å²) >= 11 is 6.09. The van der Waals surface area contributed by atoms with Gasteiger partial charge in [0.15, 0.2) is 11.5 Å². The Kier molecular flexibility index (Phi) is 4.48. The number of imide groups is 1. The average molecular weight is 380 g/mol. The maximum atomic E-state index is 12.4. The van der Waals surface area contributed by atoms with E-state index in [1.165, 1.54) is 0 Å². The Bertz CT molecular complexity index is 755. The number of likely N-dealkylation sites (tertiary alicyclic amines) is 1. The van der Waals surface area contributed by atoms with Gasteiger partial charge in [0.25, 0.3) is 0 Å². The topological polar surface area (TPSA) is 82.1 Å². The number of halogens is 1. The smallest absolute Gasteiger partial charge is 0.326 e. The average Bonchev–Trinajstić information content (AvgIpc) is 3.20. The summed E-state index contributed by atoms with van der Waals surface area (Å²) in [6.45, 7) is -0.277. The van der Waals surface area contributed by atoms with Crippen molar-refractivity contribution in [3.63, 3.8) is 0 Å². The van der Waals surface area contributed by atoms with Crippen molar-refractivity contribution in [2.75, 3.05) is 13.3 Å². The molecule has 0 aromatic heterocycles. The molecule has 2 amide bonds. The van der Waals surface area contributed by atoms with E-state index >= 15 is 0 Å². The summed E-state index contributed by atoms with van der Waals surface area (Å²) in [5, 5.41) is 0.375. The minimum Gasteiger partial charge on any atom is -0.459 e. The van der Waals surface area contributed by atoms with Gasteiger partial charge in [0.05, 0.1) is 16.9 Å². The standard InChI is InChI=1S/C18H18ClNO6/c19-13-5-10(6-14-16(13)26-9-25-14)8-24-15(21)7-20-17(22)11-3-1-2-4-12(11)18(20)23/h5-6,11-12H,1-4,7-9H2/t11-,12-/m1/s1. The largest absolute Gasteiger partial charge is 0.459 e. The Balaban J connectivity index is 1.37. The lowest BCUT2D eigenvalue weighted by molar-refractivity contribution is -0.153. The van der Waals surface area contributed by atoms with Gasteiger partial charge in [-0.25, -0.2) is 0 Å². The first-order valence-corrected chi connectivity index (χ1v) is 9.01. The van der Waals surface area contributed by atoms with Gasteiger partial charge in [-0.2, -0.15) is 0 Å². The molecule has 2 aliphatic heterocycles. The molecule has 3 aliphatic rings. The van der Waals surface area contributed by atoms with Crippen LogP contribution in [0.3, 0.4) is 0 Å². The van der Waals surface area contributed by atoms with Crippen LogP contribution < -0.4 is 9.47 Å². The third-order valence-corrected chi connectivity index (χ3v) is 5.39. The van der Waals surface area contributed by atoms with E-state index in [9.17, 15) is 14.4 Å². The normalized spacial score (nSPS) is 24.0. The first kappa shape index (κ1) is 17.1. The number of rotatable bonds is 4. The number of hydrogen-bond acceptors (Lipinski definition) is 6. The number of benzene rings is 1. The molecule has 2 fully saturated rings. The van der Waals surface area contributed by atoms with Gasteiger partial charge in [-0.1, -0.05) is 24.4 Å². The minimum atomic E-state index is -0.626. The number of nitrogens with zero attached hydrogens (tertiary/aromatic N) is 1. The fraction of sp³-hybridized carbons (Fsp3) is 0.500. The molecule has 0 spiro atoms. The van der Waals surface area contributed by atoms with Gasteiger partial charge in [0.1, 0.15) is 13.2 Å². The summed E-state index contributed by atoms with van der Waals surface area (Å²) in [5.41, 5.74) is 0.639. The summed E-state index contributed by atoms with van der Waals surface area (Å²) in [5.74, 6) is -0.687. The Morgan fingerprint density at radius 2 is 1.85 bits per heavy atom. The summed E-state index contributed by atoms with van der Waals surface area (Å²) in [6.07, 6.45) is 3.33. The second-order valence-electron chi connectivity index (χ2n) is 6.73. The quantitative estimate of drug-likeness (QED) is 0.589. The lowest BCUT2D eigenvalue weighted by Crippen LogP contribution is -2.36. The third-order valence-electron chi connectivity index (χ3n) is 5.11. The predicted molar refractivity (Wildman–Crippen MR) is 89.5 cm³/mol. The van der Waals surface area contributed by atoms with Crippen molar-refractivity contribution in [2.24, 2.45) is 11.8 Å². The lowest BCUT2D eigenvalue weighted by atomic mass is 9.81. The van der Waals surface area contributed by atoms with E-state index < -0.39 is 5.97 Å². The van der Waals surface area contributed by atoms with E-state index in [1.54, 1.807) is 12.1 Å². The van der Waals surface area contributed by atoms with Crippen molar-refractivity contribution in [3.8, 4) is 11.5 Å². The Morgan fingerprint density at radius 3 is 2.54 bits per heavy atom. The van der Waals surface area contributed by atoms with Gasteiger partial charge >= 0.3 is 5.97 Å². The zero-order valence-electron chi connectivity index (χ0n) is 14.0. The first-order chi connectivity index (χ1) is 12.5. The van der Waals surface area contributed by atoms with Gasteiger partial charge in [-0.3, -0.25) is 19.3 Å². The zero-order valence-corrected chi connectivity index (χ0v) is 14.8. The first-order valence-electron chi connectivity index (χ1n) is 8.63. The molecule has 8 heteroatoms. The number of carbonyl (C=O) groups excluding carboxylic acids is 3. The minimum absolute atomic E-state index is 0.0295. The molecule has 138 valence electrons. The lowest BCUT2D eigenvalue weighted by Gasteiger charge is -2.19. The molecule has 1 aromatic rings. The van der Waals surface area contributed by atoms with Gasteiger partial charge in [0, 0.05) is 0 Å². The Labute approximate surface area is 155 Å². The fourth-order valence-corrected chi connectivity index (χ4v) is 4.12. The number of amides is 2. The van der Waals surface area contributed by atoms with Gasteiger partial charge in [0.2, 0.25) is 18.6 Å². The van der Waals surface area contributed by atoms with Crippen molar-refractivity contribution >= 4 is 29.4 Å². The Hall–Kier alpha value is -2.28. The zero-order chi connectivity index (χ0) is 18.3. The molecule has 0 unspecified atom stereocenters. The summed E-state index contributed by atoms with van der Waals surface area (Å²) in [6, 6.07) is 3.31. The molecule has 1 saturated carbocycles. The van der Waals surface area contributed by atoms with Gasteiger partial charge in [-0.05, 0) is 30.5 Å². The van der Waals surface area contributed by atoms with Crippen LogP contribution in [0.15, 0.2) is 12.1 Å². The van der Waals surface area contributed by atoms with E-state index in [1.807, 2.05) is 0 Å². The van der Waals surface area contributed by atoms with Crippen LogP contribution in [0.1, 0.15) is 31.2 Å². The van der Waals surface area contributed by atoms with E-state index in [4.69, 9.17) is 25.8 Å². The SMILES string of the molecule is O=C(CN1C(=O)[C@@H]2CCCC[C@H]2C1=O)OCc1cc(Cl)c2c(c1)OCO2. The summed E-state index contributed by atoms with van der Waals surface area (Å²) < 4.78 is 15.7. The van der Waals surface area contributed by atoms with Crippen molar-refractivity contribution in [2.45, 2.75) is 32.3 Å². The van der Waals surface area contributed by atoms with Crippen LogP contribution in [0.4, 0.5) is 0 Å². The number of fused-ring (bicyclic) bond motifs is 2. The van der Waals surface area contributed by atoms with Crippen LogP contribution in [0.5, 0.6) is 11.5 Å². The molecule has 4 rings (SSSR count). The van der Waals surface area contributed by atoms with Gasteiger partial charge < -0.3 is 14.2 Å². The van der Waals surface area contributed by atoms with Gasteiger partial charge in [-0.15, -0.1) is 0 Å². The number of hydrogen-bond donors (Lipinski definition) is 0. The van der Waals surface area contributed by atoms with Crippen molar-refractivity contribution in [1.82, 2.24) is 4.90 Å². The molecule has 2 atom stereocenters. The fourth-order valence-electron chi connectivity index (χ4n) is 3.83. The Morgan fingerprint density at radius 1 is 1.15 bits per heavy atom. The van der Waals surface area contributed by atoms with Crippen molar-refractivity contribution in [3.05, 3.63) is 22.7 Å². The van der Waals surface area contributed by atoms with E-state index in [2.05, 4.69) is 0 Å². The second kappa shape index (κ2) is 6.79. The monoisotopic (exact) mass is 379 g/mol. The summed E-state index contributed by atoms with van der Waals surface area (Å²) in [7, 11) is 0. The molecular formula is C18H18ClNO6. The van der Waals surface area contributed by atoms with E-state index in [0.717, 1.165) is 30.6 Å². The van der Waals surface area contributed by atoms with Crippen molar-refractivity contribution < 1.29 is 28.6 Å². The molecule has 2 heterocycles. The molecule has 1 saturated heterocycles. The maximum absolute atomic E-state index is 12.4. The van der Waals surface area contributed by atoms with Crippen LogP contribution in [0.2, 0.25) is 5.02 Å². The van der Waals surface area contributed by atoms with Crippen LogP contribution in [-0.4, -0.2) is 36.0 Å². The molecule has 26 heavy (non-hydrogen) atoms. The molecule has 0 radical (unpaired) electrons. The summed E-state index contributed by atoms with van der Waals surface area (Å²) in [4.78, 5) is 37.9. The van der Waals surface area contributed by atoms with Crippen LogP contribution in [-0.2, 0) is 25.7 Å². The molecule has 1 aliphatic carbocycles.